The van der Waals surface area contributed by atoms with E-state index in [1.807, 2.05) is 18.2 Å². The Kier molecular flexibility index (Phi) is 3.98. The Labute approximate surface area is 90.2 Å². The lowest BCUT2D eigenvalue weighted by atomic mass is 10.0. The van der Waals surface area contributed by atoms with Gasteiger partial charge in [-0.25, -0.2) is 0 Å². The van der Waals surface area contributed by atoms with Crippen LogP contribution in [0.4, 0.5) is 0 Å². The molecule has 0 atom stereocenters. The molecule has 2 nitrogen and oxygen atoms in total. The van der Waals surface area contributed by atoms with E-state index < -0.39 is 0 Å². The number of rotatable bonds is 3. The number of phenolic OH excluding ortho intramolecular Hbond substituents is 1. The van der Waals surface area contributed by atoms with Crippen molar-refractivity contribution in [1.29, 1.82) is 0 Å². The molecular formula is C13H16O2. The van der Waals surface area contributed by atoms with Crippen molar-refractivity contribution < 1.29 is 10.2 Å². The first kappa shape index (κ1) is 11.4. The van der Waals surface area contributed by atoms with Gasteiger partial charge in [0.1, 0.15) is 5.75 Å². The van der Waals surface area contributed by atoms with Crippen LogP contribution in [0.3, 0.4) is 0 Å². The molecule has 0 aromatic heterocycles. The lowest BCUT2D eigenvalue weighted by Crippen LogP contribution is -1.82. The molecule has 2 heteroatoms. The van der Waals surface area contributed by atoms with E-state index in [0.717, 1.165) is 17.6 Å². The number of hydrogen-bond donors (Lipinski definition) is 2. The van der Waals surface area contributed by atoms with E-state index in [1.165, 1.54) is 0 Å². The summed E-state index contributed by atoms with van der Waals surface area (Å²) in [5, 5.41) is 18.2. The first-order valence-corrected chi connectivity index (χ1v) is 4.99. The van der Waals surface area contributed by atoms with Crippen molar-refractivity contribution in [2.45, 2.75) is 20.3 Å². The molecule has 0 bridgehead atoms. The zero-order valence-electron chi connectivity index (χ0n) is 9.07. The third-order valence-electron chi connectivity index (χ3n) is 2.14. The molecule has 0 heterocycles. The van der Waals surface area contributed by atoms with Gasteiger partial charge in [-0.1, -0.05) is 25.1 Å². The quantitative estimate of drug-likeness (QED) is 0.582. The fourth-order valence-corrected chi connectivity index (χ4v) is 1.31. The van der Waals surface area contributed by atoms with Gasteiger partial charge in [-0.05, 0) is 42.7 Å². The Morgan fingerprint density at radius 2 is 1.80 bits per heavy atom. The van der Waals surface area contributed by atoms with Crippen molar-refractivity contribution in [3.8, 4) is 5.75 Å². The highest BCUT2D eigenvalue weighted by atomic mass is 16.3. The summed E-state index contributed by atoms with van der Waals surface area (Å²) >= 11 is 0. The molecule has 80 valence electrons. The van der Waals surface area contributed by atoms with Gasteiger partial charge in [0.25, 0.3) is 0 Å². The summed E-state index contributed by atoms with van der Waals surface area (Å²) in [6.45, 7) is 3.69. The molecule has 15 heavy (non-hydrogen) atoms. The van der Waals surface area contributed by atoms with Gasteiger partial charge in [0, 0.05) is 0 Å². The van der Waals surface area contributed by atoms with Crippen molar-refractivity contribution in [2.75, 3.05) is 0 Å². The molecule has 0 spiro atoms. The summed E-state index contributed by atoms with van der Waals surface area (Å²) in [6.07, 6.45) is 4.45. The second-order valence-corrected chi connectivity index (χ2v) is 3.40. The second-order valence-electron chi connectivity index (χ2n) is 3.40. The number of phenols is 1. The molecule has 1 rings (SSSR count). The van der Waals surface area contributed by atoms with Gasteiger partial charge in [-0.3, -0.25) is 0 Å². The summed E-state index contributed by atoms with van der Waals surface area (Å²) in [7, 11) is 0. The summed E-state index contributed by atoms with van der Waals surface area (Å²) in [4.78, 5) is 0. The lowest BCUT2D eigenvalue weighted by Gasteiger charge is -2.03. The van der Waals surface area contributed by atoms with E-state index in [0.29, 0.717) is 5.76 Å². The van der Waals surface area contributed by atoms with E-state index in [1.54, 1.807) is 25.1 Å². The number of allylic oxidation sites excluding steroid dienone is 4. The zero-order chi connectivity index (χ0) is 11.3. The zero-order valence-corrected chi connectivity index (χ0v) is 9.07. The van der Waals surface area contributed by atoms with Crippen LogP contribution in [0.15, 0.2) is 42.2 Å². The third kappa shape index (κ3) is 3.50. The minimum atomic E-state index is 0.267. The Morgan fingerprint density at radius 3 is 2.27 bits per heavy atom. The summed E-state index contributed by atoms with van der Waals surface area (Å²) in [5.41, 5.74) is 2.19. The first-order chi connectivity index (χ1) is 7.13. The van der Waals surface area contributed by atoms with E-state index in [4.69, 9.17) is 10.2 Å². The molecule has 0 aliphatic carbocycles. The summed E-state index contributed by atoms with van der Waals surface area (Å²) < 4.78 is 0. The van der Waals surface area contributed by atoms with Crippen LogP contribution >= 0.6 is 0 Å². The molecule has 2 N–H and O–H groups in total. The van der Waals surface area contributed by atoms with Gasteiger partial charge in [0.05, 0.1) is 5.76 Å². The van der Waals surface area contributed by atoms with Crippen LogP contribution in [0.2, 0.25) is 0 Å². The van der Waals surface area contributed by atoms with Gasteiger partial charge in [-0.2, -0.15) is 0 Å². The van der Waals surface area contributed by atoms with Crippen LogP contribution in [0.5, 0.6) is 5.75 Å². The van der Waals surface area contributed by atoms with Crippen molar-refractivity contribution in [2.24, 2.45) is 0 Å². The maximum absolute atomic E-state index is 9.16. The minimum absolute atomic E-state index is 0.267. The molecule has 0 aliphatic heterocycles. The van der Waals surface area contributed by atoms with Crippen LogP contribution in [0.1, 0.15) is 25.8 Å². The van der Waals surface area contributed by atoms with Crippen molar-refractivity contribution in [3.63, 3.8) is 0 Å². The Hall–Kier alpha value is -1.70. The fourth-order valence-electron chi connectivity index (χ4n) is 1.31. The molecule has 0 unspecified atom stereocenters. The van der Waals surface area contributed by atoms with Gasteiger partial charge in [0.15, 0.2) is 0 Å². The van der Waals surface area contributed by atoms with E-state index in [2.05, 4.69) is 6.92 Å². The molecule has 0 amide bonds. The molecule has 1 aromatic carbocycles. The number of benzene rings is 1. The highest BCUT2D eigenvalue weighted by molar-refractivity contribution is 5.67. The molecular weight excluding hydrogens is 188 g/mol. The molecule has 0 saturated carbocycles. The predicted octanol–water partition coefficient (Wildman–Crippen LogP) is 3.65. The number of aliphatic hydroxyl groups excluding tert-OH is 1. The van der Waals surface area contributed by atoms with Crippen LogP contribution < -0.4 is 0 Å². The highest BCUT2D eigenvalue weighted by Crippen LogP contribution is 2.20. The van der Waals surface area contributed by atoms with E-state index in [-0.39, 0.29) is 5.75 Å². The maximum atomic E-state index is 9.16. The van der Waals surface area contributed by atoms with Crippen LogP contribution in [0, 0.1) is 0 Å². The van der Waals surface area contributed by atoms with Gasteiger partial charge in [-0.15, -0.1) is 0 Å². The Balaban J connectivity index is 2.97. The predicted molar refractivity (Wildman–Crippen MR) is 62.8 cm³/mol. The molecule has 0 fully saturated rings. The Morgan fingerprint density at radius 1 is 1.20 bits per heavy atom. The highest BCUT2D eigenvalue weighted by Gasteiger charge is 1.97. The van der Waals surface area contributed by atoms with E-state index in [9.17, 15) is 0 Å². The van der Waals surface area contributed by atoms with Gasteiger partial charge in [0.2, 0.25) is 0 Å². The Bertz CT molecular complexity index is 368. The largest absolute Gasteiger partial charge is 0.513 e. The topological polar surface area (TPSA) is 40.5 Å². The molecule has 0 saturated heterocycles. The van der Waals surface area contributed by atoms with Crippen molar-refractivity contribution in [1.82, 2.24) is 0 Å². The fraction of sp³-hybridized carbons (Fsp3) is 0.231. The normalized spacial score (nSPS) is 12.9. The molecule has 1 aromatic rings. The third-order valence-corrected chi connectivity index (χ3v) is 2.14. The SMILES string of the molecule is CC/C(=C\C=C(/C)O)c1ccc(O)cc1. The minimum Gasteiger partial charge on any atom is -0.513 e. The van der Waals surface area contributed by atoms with Crippen molar-refractivity contribution >= 4 is 5.57 Å². The first-order valence-electron chi connectivity index (χ1n) is 4.99. The summed E-state index contributed by atoms with van der Waals surface area (Å²) in [6, 6.07) is 7.05. The second kappa shape index (κ2) is 5.25. The summed E-state index contributed by atoms with van der Waals surface area (Å²) in [5.74, 6) is 0.558. The smallest absolute Gasteiger partial charge is 0.115 e. The van der Waals surface area contributed by atoms with Gasteiger partial charge >= 0.3 is 0 Å². The van der Waals surface area contributed by atoms with Crippen LogP contribution in [-0.2, 0) is 0 Å². The van der Waals surface area contributed by atoms with Gasteiger partial charge < -0.3 is 10.2 Å². The monoisotopic (exact) mass is 204 g/mol. The average molecular weight is 204 g/mol. The number of aliphatic hydroxyl groups is 1. The maximum Gasteiger partial charge on any atom is 0.115 e. The van der Waals surface area contributed by atoms with E-state index >= 15 is 0 Å². The lowest BCUT2D eigenvalue weighted by molar-refractivity contribution is 0.414. The number of aromatic hydroxyl groups is 1. The standard InChI is InChI=1S/C13H16O2/c1-3-11(5-4-10(2)14)12-6-8-13(15)9-7-12/h4-9,14-15H,3H2,1-2H3/b10-4+,11-5+. The molecule has 0 aliphatic rings. The average Bonchev–Trinajstić information content (AvgIpc) is 2.21. The van der Waals surface area contributed by atoms with Crippen LogP contribution in [0.25, 0.3) is 5.57 Å². The number of hydrogen-bond acceptors (Lipinski definition) is 2. The van der Waals surface area contributed by atoms with Crippen molar-refractivity contribution in [3.05, 3.63) is 47.7 Å². The molecule has 0 radical (unpaired) electrons. The van der Waals surface area contributed by atoms with Crippen LogP contribution in [-0.4, -0.2) is 10.2 Å².